The summed E-state index contributed by atoms with van der Waals surface area (Å²) in [6.45, 7) is 1.50. The van der Waals surface area contributed by atoms with Crippen LogP contribution in [0.3, 0.4) is 0 Å². The fourth-order valence-corrected chi connectivity index (χ4v) is 1.57. The predicted molar refractivity (Wildman–Crippen MR) is 64.5 cm³/mol. The van der Waals surface area contributed by atoms with Gasteiger partial charge in [0.2, 0.25) is 5.91 Å². The van der Waals surface area contributed by atoms with Gasteiger partial charge in [0.05, 0.1) is 5.54 Å². The first-order chi connectivity index (χ1) is 8.71. The molecule has 106 valence electrons. The third-order valence-electron chi connectivity index (χ3n) is 2.45. The number of alkyl halides is 3. The van der Waals surface area contributed by atoms with Crippen molar-refractivity contribution in [3.05, 3.63) is 35.9 Å². The number of hydrogen-bond donors (Lipinski definition) is 1. The van der Waals surface area contributed by atoms with E-state index in [9.17, 15) is 18.0 Å². The fraction of sp³-hybridized carbons (Fsp3) is 0.462. The molecule has 0 aliphatic heterocycles. The smallest absolute Gasteiger partial charge is 0.362 e. The molecule has 0 heterocycles. The Hall–Kier alpha value is -1.56. The monoisotopic (exact) mass is 275 g/mol. The van der Waals surface area contributed by atoms with Gasteiger partial charge in [-0.2, -0.15) is 13.2 Å². The molecule has 0 saturated heterocycles. The molecule has 1 rings (SSSR count). The summed E-state index contributed by atoms with van der Waals surface area (Å²) in [5.41, 5.74) is 0.194. The summed E-state index contributed by atoms with van der Waals surface area (Å²) in [5.74, 6) is -0.585. The van der Waals surface area contributed by atoms with Crippen LogP contribution in [-0.4, -0.2) is 25.3 Å². The number of benzene rings is 1. The minimum absolute atomic E-state index is 0.585. The topological polar surface area (TPSA) is 38.3 Å². The van der Waals surface area contributed by atoms with E-state index >= 15 is 0 Å². The first kappa shape index (κ1) is 15.5. The molecule has 0 aliphatic carbocycles. The zero-order chi connectivity index (χ0) is 14.5. The molecule has 0 aromatic heterocycles. The van der Waals surface area contributed by atoms with E-state index in [-0.39, 0.29) is 0 Å². The quantitative estimate of drug-likeness (QED) is 0.897. The predicted octanol–water partition coefficient (Wildman–Crippen LogP) is 2.62. The first-order valence-electron chi connectivity index (χ1n) is 5.72. The van der Waals surface area contributed by atoms with E-state index in [2.05, 4.69) is 10.1 Å². The molecule has 0 saturated carbocycles. The number of carbonyl (C=O) groups excluding carboxylic acids is 1. The van der Waals surface area contributed by atoms with Crippen molar-refractivity contribution in [1.82, 2.24) is 5.32 Å². The zero-order valence-corrected chi connectivity index (χ0v) is 10.8. The van der Waals surface area contributed by atoms with Crippen LogP contribution in [0.25, 0.3) is 0 Å². The number of hydrogen-bond acceptors (Lipinski definition) is 2. The van der Waals surface area contributed by atoms with E-state index in [1.165, 1.54) is 0 Å². The standard InChI is InChI=1S/C13H16F3NO2/c1-12(2,10-6-4-3-5-7-10)17-11(18)8-19-9-13(14,15)16/h3-7H,8-9H2,1-2H3,(H,17,18). The van der Waals surface area contributed by atoms with Crippen LogP contribution in [0, 0.1) is 0 Å². The van der Waals surface area contributed by atoms with Crippen molar-refractivity contribution in [2.75, 3.05) is 13.2 Å². The largest absolute Gasteiger partial charge is 0.411 e. The van der Waals surface area contributed by atoms with Crippen LogP contribution < -0.4 is 5.32 Å². The van der Waals surface area contributed by atoms with Gasteiger partial charge in [0.1, 0.15) is 13.2 Å². The molecule has 0 unspecified atom stereocenters. The molecule has 6 heteroatoms. The Bertz CT molecular complexity index is 416. The number of carbonyl (C=O) groups is 1. The van der Waals surface area contributed by atoms with Gasteiger partial charge < -0.3 is 10.1 Å². The zero-order valence-electron chi connectivity index (χ0n) is 10.8. The minimum atomic E-state index is -4.42. The van der Waals surface area contributed by atoms with E-state index in [0.717, 1.165) is 5.56 Å². The lowest BCUT2D eigenvalue weighted by atomic mass is 9.94. The van der Waals surface area contributed by atoms with Crippen LogP contribution in [-0.2, 0) is 15.1 Å². The van der Waals surface area contributed by atoms with Crippen molar-refractivity contribution in [3.63, 3.8) is 0 Å². The van der Waals surface area contributed by atoms with Crippen LogP contribution in [0.15, 0.2) is 30.3 Å². The number of nitrogens with one attached hydrogen (secondary N) is 1. The lowest BCUT2D eigenvalue weighted by molar-refractivity contribution is -0.176. The van der Waals surface area contributed by atoms with E-state index in [1.807, 2.05) is 30.3 Å². The lowest BCUT2D eigenvalue weighted by Gasteiger charge is -2.26. The first-order valence-corrected chi connectivity index (χ1v) is 5.72. The van der Waals surface area contributed by atoms with Gasteiger partial charge in [-0.3, -0.25) is 4.79 Å². The number of halogens is 3. The van der Waals surface area contributed by atoms with Gasteiger partial charge in [-0.25, -0.2) is 0 Å². The van der Waals surface area contributed by atoms with Gasteiger partial charge in [0, 0.05) is 0 Å². The summed E-state index contributed by atoms with van der Waals surface area (Å²) >= 11 is 0. The van der Waals surface area contributed by atoms with Crippen LogP contribution in [0.1, 0.15) is 19.4 Å². The van der Waals surface area contributed by atoms with Crippen molar-refractivity contribution in [2.24, 2.45) is 0 Å². The minimum Gasteiger partial charge on any atom is -0.362 e. The Kier molecular flexibility index (Phi) is 4.94. The Morgan fingerprint density at radius 1 is 1.21 bits per heavy atom. The van der Waals surface area contributed by atoms with Gasteiger partial charge in [0.15, 0.2) is 0 Å². The number of amides is 1. The SMILES string of the molecule is CC(C)(NC(=O)COCC(F)(F)F)c1ccccc1. The molecule has 0 bridgehead atoms. The molecule has 0 radical (unpaired) electrons. The third kappa shape index (κ3) is 5.74. The van der Waals surface area contributed by atoms with Crippen molar-refractivity contribution < 1.29 is 22.7 Å². The van der Waals surface area contributed by atoms with Crippen LogP contribution in [0.4, 0.5) is 13.2 Å². The fourth-order valence-electron chi connectivity index (χ4n) is 1.57. The van der Waals surface area contributed by atoms with Crippen molar-refractivity contribution >= 4 is 5.91 Å². The molecular formula is C13H16F3NO2. The second-order valence-corrected chi connectivity index (χ2v) is 4.65. The molecule has 1 amide bonds. The second-order valence-electron chi connectivity index (χ2n) is 4.65. The maximum absolute atomic E-state index is 11.9. The van der Waals surface area contributed by atoms with Crippen molar-refractivity contribution in [1.29, 1.82) is 0 Å². The molecule has 0 aliphatic rings. The molecular weight excluding hydrogens is 259 g/mol. The summed E-state index contributed by atoms with van der Waals surface area (Å²) in [7, 11) is 0. The van der Waals surface area contributed by atoms with Crippen molar-refractivity contribution in [3.8, 4) is 0 Å². The molecule has 1 N–H and O–H groups in total. The lowest BCUT2D eigenvalue weighted by Crippen LogP contribution is -2.43. The summed E-state index contributed by atoms with van der Waals surface area (Å²) in [6.07, 6.45) is -4.42. The van der Waals surface area contributed by atoms with Crippen molar-refractivity contribution in [2.45, 2.75) is 25.6 Å². The maximum Gasteiger partial charge on any atom is 0.411 e. The third-order valence-corrected chi connectivity index (χ3v) is 2.45. The second kappa shape index (κ2) is 6.06. The van der Waals surface area contributed by atoms with Gasteiger partial charge >= 0.3 is 6.18 Å². The Labute approximate surface area is 109 Å². The summed E-state index contributed by atoms with van der Waals surface area (Å²) in [4.78, 5) is 11.5. The average Bonchev–Trinajstić information content (AvgIpc) is 2.27. The van der Waals surface area contributed by atoms with Gasteiger partial charge in [0.25, 0.3) is 0 Å². The van der Waals surface area contributed by atoms with Crippen LogP contribution in [0.2, 0.25) is 0 Å². The Morgan fingerprint density at radius 2 is 1.79 bits per heavy atom. The normalized spacial score (nSPS) is 12.3. The van der Waals surface area contributed by atoms with Crippen LogP contribution >= 0.6 is 0 Å². The van der Waals surface area contributed by atoms with E-state index in [1.54, 1.807) is 13.8 Å². The van der Waals surface area contributed by atoms with Gasteiger partial charge in [-0.1, -0.05) is 30.3 Å². The summed E-state index contributed by atoms with van der Waals surface area (Å²) in [5, 5.41) is 2.63. The highest BCUT2D eigenvalue weighted by molar-refractivity contribution is 5.78. The van der Waals surface area contributed by atoms with E-state index < -0.39 is 30.8 Å². The Morgan fingerprint density at radius 3 is 2.32 bits per heavy atom. The van der Waals surface area contributed by atoms with Crippen LogP contribution in [0.5, 0.6) is 0 Å². The highest BCUT2D eigenvalue weighted by Crippen LogP contribution is 2.19. The maximum atomic E-state index is 11.9. The highest BCUT2D eigenvalue weighted by atomic mass is 19.4. The highest BCUT2D eigenvalue weighted by Gasteiger charge is 2.28. The van der Waals surface area contributed by atoms with E-state index in [4.69, 9.17) is 0 Å². The molecule has 0 atom stereocenters. The summed E-state index contributed by atoms with van der Waals surface area (Å²) < 4.78 is 39.9. The summed E-state index contributed by atoms with van der Waals surface area (Å²) in [6, 6.07) is 9.15. The average molecular weight is 275 g/mol. The molecule has 1 aromatic rings. The molecule has 1 aromatic carbocycles. The van der Waals surface area contributed by atoms with E-state index in [0.29, 0.717) is 0 Å². The number of rotatable bonds is 5. The molecule has 0 fully saturated rings. The Balaban J connectivity index is 2.48. The van der Waals surface area contributed by atoms with Gasteiger partial charge in [-0.05, 0) is 19.4 Å². The van der Waals surface area contributed by atoms with Gasteiger partial charge in [-0.15, -0.1) is 0 Å². The molecule has 19 heavy (non-hydrogen) atoms. The molecule has 3 nitrogen and oxygen atoms in total. The number of ether oxygens (including phenoxy) is 1. The molecule has 0 spiro atoms.